The Morgan fingerprint density at radius 2 is 2.25 bits per heavy atom. The van der Waals surface area contributed by atoms with E-state index in [4.69, 9.17) is 15.2 Å². The van der Waals surface area contributed by atoms with Crippen molar-refractivity contribution in [3.05, 3.63) is 32.9 Å². The summed E-state index contributed by atoms with van der Waals surface area (Å²) in [5.74, 6) is -1.88. The molecule has 0 radical (unpaired) electrons. The van der Waals surface area contributed by atoms with Crippen molar-refractivity contribution >= 4 is 5.97 Å². The zero-order valence-corrected chi connectivity index (χ0v) is 13.3. The highest BCUT2D eigenvalue weighted by Gasteiger charge is 2.37. The summed E-state index contributed by atoms with van der Waals surface area (Å²) < 4.78 is 24.6. The molecule has 9 nitrogen and oxygen atoms in total. The molecule has 0 spiro atoms. The number of ether oxygens (including phenoxy) is 2. The maximum Gasteiger partial charge on any atom is 0.330 e. The fourth-order valence-corrected chi connectivity index (χ4v) is 2.24. The molecule has 1 aromatic rings. The van der Waals surface area contributed by atoms with E-state index in [0.29, 0.717) is 6.20 Å². The van der Waals surface area contributed by atoms with Crippen molar-refractivity contribution in [2.24, 2.45) is 11.7 Å². The molecule has 0 amide bonds. The molecule has 2 rings (SSSR count). The molecule has 10 heteroatoms. The van der Waals surface area contributed by atoms with Crippen LogP contribution in [0.15, 0.2) is 15.8 Å². The smallest absolute Gasteiger partial charge is 0.330 e. The summed E-state index contributed by atoms with van der Waals surface area (Å²) >= 11 is 0. The van der Waals surface area contributed by atoms with Gasteiger partial charge in [0.25, 0.3) is 5.56 Å². The number of aliphatic hydroxyl groups excluding tert-OH is 1. The number of aromatic nitrogens is 2. The van der Waals surface area contributed by atoms with Gasteiger partial charge in [-0.05, 0) is 5.92 Å². The van der Waals surface area contributed by atoms with Gasteiger partial charge in [0.15, 0.2) is 0 Å². The predicted molar refractivity (Wildman–Crippen MR) is 79.6 cm³/mol. The quantitative estimate of drug-likeness (QED) is 0.573. The summed E-state index contributed by atoms with van der Waals surface area (Å²) in [6.45, 7) is 3.28. The zero-order valence-electron chi connectivity index (χ0n) is 13.3. The van der Waals surface area contributed by atoms with Crippen molar-refractivity contribution in [2.45, 2.75) is 44.7 Å². The highest BCUT2D eigenvalue weighted by molar-refractivity contribution is 5.75. The van der Waals surface area contributed by atoms with Gasteiger partial charge in [-0.2, -0.15) is 4.39 Å². The number of nitrogens with zero attached hydrogens (tertiary/aromatic N) is 1. The van der Waals surface area contributed by atoms with Gasteiger partial charge in [0.05, 0.1) is 12.3 Å². The Morgan fingerprint density at radius 1 is 1.58 bits per heavy atom. The molecule has 1 saturated heterocycles. The van der Waals surface area contributed by atoms with Gasteiger partial charge in [0.2, 0.25) is 5.82 Å². The molecule has 4 atom stereocenters. The van der Waals surface area contributed by atoms with Gasteiger partial charge in [-0.3, -0.25) is 19.1 Å². The maximum atomic E-state index is 13.3. The molecule has 0 aromatic carbocycles. The minimum Gasteiger partial charge on any atom is -0.462 e. The maximum absolute atomic E-state index is 13.3. The van der Waals surface area contributed by atoms with Gasteiger partial charge in [0.1, 0.15) is 25.0 Å². The van der Waals surface area contributed by atoms with Crippen LogP contribution in [0, 0.1) is 11.7 Å². The normalized spacial score (nSPS) is 25.0. The Morgan fingerprint density at radius 3 is 2.88 bits per heavy atom. The first-order valence-corrected chi connectivity index (χ1v) is 7.47. The van der Waals surface area contributed by atoms with Crippen LogP contribution in [0.3, 0.4) is 0 Å². The van der Waals surface area contributed by atoms with Crippen LogP contribution in [0.2, 0.25) is 0 Å². The number of halogens is 1. The second-order valence-corrected chi connectivity index (χ2v) is 5.98. The highest BCUT2D eigenvalue weighted by atomic mass is 19.1. The van der Waals surface area contributed by atoms with E-state index >= 15 is 0 Å². The van der Waals surface area contributed by atoms with Gasteiger partial charge in [-0.1, -0.05) is 13.8 Å². The number of nitrogens with one attached hydrogen (secondary N) is 1. The largest absolute Gasteiger partial charge is 0.462 e. The van der Waals surface area contributed by atoms with Crippen LogP contribution in [-0.2, 0) is 14.3 Å². The lowest BCUT2D eigenvalue weighted by Crippen LogP contribution is -2.39. The molecular weight excluding hydrogens is 325 g/mol. The second kappa shape index (κ2) is 7.24. The van der Waals surface area contributed by atoms with Crippen LogP contribution >= 0.6 is 0 Å². The van der Waals surface area contributed by atoms with E-state index in [0.717, 1.165) is 4.57 Å². The molecule has 1 fully saturated rings. The summed E-state index contributed by atoms with van der Waals surface area (Å²) in [5, 5.41) is 9.97. The standard InChI is InChI=1S/C14H20FN3O6/c1-6(2)11(16)13(21)23-5-9-8(19)3-10(24-9)18-4-7(15)12(20)17-14(18)22/h4,6,8-11,19H,3,5,16H2,1-2H3,(H,17,20,22)/t8-,9+,10?,11+/m0/s1. The van der Waals surface area contributed by atoms with Crippen molar-refractivity contribution in [2.75, 3.05) is 6.61 Å². The number of rotatable bonds is 5. The van der Waals surface area contributed by atoms with E-state index in [1.165, 1.54) is 0 Å². The molecule has 134 valence electrons. The Labute approximate surface area is 136 Å². The first-order chi connectivity index (χ1) is 11.2. The fraction of sp³-hybridized carbons (Fsp3) is 0.643. The Bertz CT molecular complexity index is 715. The van der Waals surface area contributed by atoms with Crippen LogP contribution in [-0.4, -0.2) is 45.5 Å². The minimum absolute atomic E-state index is 0.0240. The van der Waals surface area contributed by atoms with Crippen LogP contribution in [0.25, 0.3) is 0 Å². The Balaban J connectivity index is 2.02. The fourth-order valence-electron chi connectivity index (χ4n) is 2.24. The summed E-state index contributed by atoms with van der Waals surface area (Å²) in [6.07, 6.45) is -2.22. The van der Waals surface area contributed by atoms with Crippen LogP contribution in [0.1, 0.15) is 26.5 Å². The molecule has 0 aliphatic carbocycles. The molecule has 24 heavy (non-hydrogen) atoms. The molecule has 1 aromatic heterocycles. The summed E-state index contributed by atoms with van der Waals surface area (Å²) in [6, 6.07) is -0.796. The minimum atomic E-state index is -1.15. The van der Waals surface area contributed by atoms with Gasteiger partial charge < -0.3 is 20.3 Å². The third kappa shape index (κ3) is 3.89. The van der Waals surface area contributed by atoms with Crippen molar-refractivity contribution in [1.82, 2.24) is 9.55 Å². The molecule has 1 unspecified atom stereocenters. The molecule has 4 N–H and O–H groups in total. The van der Waals surface area contributed by atoms with Gasteiger partial charge in [-0.25, -0.2) is 4.79 Å². The summed E-state index contributed by atoms with van der Waals surface area (Å²) in [7, 11) is 0. The van der Waals surface area contributed by atoms with E-state index < -0.39 is 47.5 Å². The Hall–Kier alpha value is -2.04. The molecule has 0 bridgehead atoms. The number of carbonyl (C=O) groups is 1. The van der Waals surface area contributed by atoms with Crippen LogP contribution < -0.4 is 17.0 Å². The third-order valence-corrected chi connectivity index (χ3v) is 3.82. The second-order valence-electron chi connectivity index (χ2n) is 5.98. The SMILES string of the molecule is CC(C)[C@@H](N)C(=O)OC[C@H]1OC(n2cc(F)c(=O)[nH]c2=O)C[C@@H]1O. The van der Waals surface area contributed by atoms with Crippen LogP contribution in [0.5, 0.6) is 0 Å². The highest BCUT2D eigenvalue weighted by Crippen LogP contribution is 2.27. The van der Waals surface area contributed by atoms with E-state index in [9.17, 15) is 23.9 Å². The van der Waals surface area contributed by atoms with Crippen molar-refractivity contribution in [1.29, 1.82) is 0 Å². The van der Waals surface area contributed by atoms with E-state index in [-0.39, 0.29) is 18.9 Å². The monoisotopic (exact) mass is 345 g/mol. The molecule has 1 aliphatic rings. The molecule has 1 aliphatic heterocycles. The average molecular weight is 345 g/mol. The summed E-state index contributed by atoms with van der Waals surface area (Å²) in [4.78, 5) is 36.2. The first-order valence-electron chi connectivity index (χ1n) is 7.47. The van der Waals surface area contributed by atoms with E-state index in [2.05, 4.69) is 0 Å². The topological polar surface area (TPSA) is 137 Å². The van der Waals surface area contributed by atoms with Gasteiger partial charge >= 0.3 is 11.7 Å². The number of esters is 1. The number of H-pyrrole nitrogens is 1. The number of hydrogen-bond donors (Lipinski definition) is 3. The average Bonchev–Trinajstić information content (AvgIpc) is 2.88. The number of aliphatic hydroxyl groups is 1. The number of hydrogen-bond acceptors (Lipinski definition) is 7. The molecule has 0 saturated carbocycles. The third-order valence-electron chi connectivity index (χ3n) is 3.82. The van der Waals surface area contributed by atoms with Gasteiger partial charge in [-0.15, -0.1) is 0 Å². The first kappa shape index (κ1) is 18.3. The molecule has 2 heterocycles. The Kier molecular flexibility index (Phi) is 5.52. The lowest BCUT2D eigenvalue weighted by Gasteiger charge is -2.18. The van der Waals surface area contributed by atoms with Crippen LogP contribution in [0.4, 0.5) is 4.39 Å². The van der Waals surface area contributed by atoms with E-state index in [1.54, 1.807) is 18.8 Å². The van der Waals surface area contributed by atoms with Crippen molar-refractivity contribution in [3.8, 4) is 0 Å². The lowest BCUT2D eigenvalue weighted by atomic mass is 10.1. The van der Waals surface area contributed by atoms with Crippen molar-refractivity contribution < 1.29 is 23.8 Å². The van der Waals surface area contributed by atoms with Crippen molar-refractivity contribution in [3.63, 3.8) is 0 Å². The summed E-state index contributed by atoms with van der Waals surface area (Å²) in [5.41, 5.74) is 3.65. The number of aromatic amines is 1. The zero-order chi connectivity index (χ0) is 18.0. The number of nitrogens with two attached hydrogens (primary N) is 1. The lowest BCUT2D eigenvalue weighted by molar-refractivity contribution is -0.152. The van der Waals surface area contributed by atoms with Gasteiger partial charge in [0, 0.05) is 6.42 Å². The molecular formula is C14H20FN3O6. The predicted octanol–water partition coefficient (Wildman–Crippen LogP) is -1.15. The van der Waals surface area contributed by atoms with E-state index in [1.807, 2.05) is 0 Å². The number of carbonyl (C=O) groups excluding carboxylic acids is 1.